The first kappa shape index (κ1) is 4.44. The molecule has 0 aliphatic rings. The monoisotopic (exact) mass is 129 g/mol. The summed E-state index contributed by atoms with van der Waals surface area (Å²) in [5, 5.41) is 5.01. The lowest BCUT2D eigenvalue weighted by atomic mass is 10.7. The van der Waals surface area contributed by atoms with Crippen LogP contribution in [0.15, 0.2) is 17.3 Å². The molecular weight excluding hydrogens is 120 g/mol. The summed E-state index contributed by atoms with van der Waals surface area (Å²) in [6.07, 6.45) is 3.77. The van der Waals surface area contributed by atoms with Crippen LogP contribution in [0.1, 0.15) is 1.37 Å². The number of hydrogen-bond acceptors (Lipinski definition) is 2. The molecule has 0 amide bonds. The van der Waals surface area contributed by atoms with Crippen molar-refractivity contribution in [3.63, 3.8) is 0 Å². The van der Waals surface area contributed by atoms with Gasteiger partial charge in [0.25, 0.3) is 0 Å². The van der Waals surface area contributed by atoms with Crippen LogP contribution in [-0.4, -0.2) is 16.0 Å². The van der Waals surface area contributed by atoms with Crippen molar-refractivity contribution in [1.29, 1.82) is 0 Å². The molecule has 1 aromatic heterocycles. The highest BCUT2D eigenvalue weighted by atomic mass is 32.2. The minimum atomic E-state index is 0.209. The molecule has 0 bridgehead atoms. The number of aromatic nitrogens is 2. The van der Waals surface area contributed by atoms with Gasteiger partial charge in [0.1, 0.15) is 5.03 Å². The molecule has 0 saturated carbocycles. The summed E-state index contributed by atoms with van der Waals surface area (Å²) in [6.45, 7) is 0. The highest BCUT2D eigenvalue weighted by molar-refractivity contribution is 7.98. The quantitative estimate of drug-likeness (QED) is 0.529. The molecule has 0 spiro atoms. The lowest BCUT2D eigenvalue weighted by Gasteiger charge is -1.83. The zero-order valence-electron chi connectivity index (χ0n) is 5.66. The third-order valence-electron chi connectivity index (χ3n) is 0.825. The Morgan fingerprint density at radius 1 is 2.00 bits per heavy atom. The van der Waals surface area contributed by atoms with Crippen molar-refractivity contribution in [3.05, 3.63) is 12.3 Å². The van der Waals surface area contributed by atoms with Crippen molar-refractivity contribution < 1.29 is 1.37 Å². The molecular formula is C5H8N2S. The van der Waals surface area contributed by atoms with Crippen molar-refractivity contribution in [2.45, 2.75) is 5.03 Å². The topological polar surface area (TPSA) is 17.8 Å². The first-order valence-electron chi connectivity index (χ1n) is 2.94. The fraction of sp³-hybridized carbons (Fsp3) is 0.400. The predicted octanol–water partition coefficient (Wildman–Crippen LogP) is 1.14. The van der Waals surface area contributed by atoms with Crippen LogP contribution in [-0.2, 0) is 7.02 Å². The SMILES string of the molecule is [2H]Cn1ccc(SC)n1. The van der Waals surface area contributed by atoms with Gasteiger partial charge in [0.15, 0.2) is 0 Å². The largest absolute Gasteiger partial charge is 0.275 e. The van der Waals surface area contributed by atoms with Gasteiger partial charge in [-0.25, -0.2) is 0 Å². The number of rotatable bonds is 1. The summed E-state index contributed by atoms with van der Waals surface area (Å²) in [4.78, 5) is 0. The summed E-state index contributed by atoms with van der Waals surface area (Å²) in [7, 11) is 0.209. The van der Waals surface area contributed by atoms with Crippen LogP contribution in [0, 0.1) is 0 Å². The summed E-state index contributed by atoms with van der Waals surface area (Å²) < 4.78 is 8.51. The lowest BCUT2D eigenvalue weighted by molar-refractivity contribution is 0.738. The summed E-state index contributed by atoms with van der Waals surface area (Å²) in [5.41, 5.74) is 0. The first-order valence-corrected chi connectivity index (χ1v) is 3.46. The van der Waals surface area contributed by atoms with Gasteiger partial charge in [-0.1, -0.05) is 0 Å². The molecule has 0 unspecified atom stereocenters. The van der Waals surface area contributed by atoms with Crippen LogP contribution in [0.3, 0.4) is 0 Å². The highest BCUT2D eigenvalue weighted by Gasteiger charge is 1.88. The van der Waals surface area contributed by atoms with Crippen LogP contribution in [0.2, 0.25) is 0 Å². The Balaban J connectivity index is 2.74. The van der Waals surface area contributed by atoms with E-state index in [4.69, 9.17) is 1.37 Å². The van der Waals surface area contributed by atoms with Crippen molar-refractivity contribution in [1.82, 2.24) is 9.78 Å². The van der Waals surface area contributed by atoms with E-state index in [1.165, 1.54) is 0 Å². The highest BCUT2D eigenvalue weighted by Crippen LogP contribution is 2.08. The number of nitrogens with zero attached hydrogens (tertiary/aromatic N) is 2. The average molecular weight is 129 g/mol. The van der Waals surface area contributed by atoms with Gasteiger partial charge in [0, 0.05) is 14.6 Å². The van der Waals surface area contributed by atoms with Gasteiger partial charge in [0.2, 0.25) is 0 Å². The molecule has 2 nitrogen and oxygen atoms in total. The molecule has 0 atom stereocenters. The standard InChI is InChI=1S/C5H8N2S/c1-7-4-3-5(6-7)8-2/h3-4H,1-2H3/i1D. The Morgan fingerprint density at radius 3 is 3.25 bits per heavy atom. The molecule has 1 aromatic rings. The molecule has 1 rings (SSSR count). The Bertz CT molecular complexity index is 168. The van der Waals surface area contributed by atoms with E-state index in [2.05, 4.69) is 5.10 Å². The maximum atomic E-state index is 6.92. The van der Waals surface area contributed by atoms with E-state index in [-0.39, 0.29) is 7.02 Å². The third-order valence-corrected chi connectivity index (χ3v) is 1.46. The predicted molar refractivity (Wildman–Crippen MR) is 35.0 cm³/mol. The first-order chi connectivity index (χ1) is 4.36. The van der Waals surface area contributed by atoms with Crippen LogP contribution < -0.4 is 0 Å². The third kappa shape index (κ3) is 1.04. The molecule has 0 saturated heterocycles. The zero-order valence-corrected chi connectivity index (χ0v) is 5.48. The summed E-state index contributed by atoms with van der Waals surface area (Å²) in [5.74, 6) is 0. The van der Waals surface area contributed by atoms with Crippen molar-refractivity contribution in [2.75, 3.05) is 6.26 Å². The zero-order chi connectivity index (χ0) is 6.69. The minimum absolute atomic E-state index is 0.209. The van der Waals surface area contributed by atoms with E-state index in [0.29, 0.717) is 0 Å². The van der Waals surface area contributed by atoms with Crippen LogP contribution in [0.25, 0.3) is 0 Å². The molecule has 8 heavy (non-hydrogen) atoms. The molecule has 0 aliphatic heterocycles. The van der Waals surface area contributed by atoms with Gasteiger partial charge in [-0.2, -0.15) is 5.10 Å². The van der Waals surface area contributed by atoms with E-state index in [1.54, 1.807) is 22.6 Å². The lowest BCUT2D eigenvalue weighted by Crippen LogP contribution is -1.85. The Morgan fingerprint density at radius 2 is 2.88 bits per heavy atom. The fourth-order valence-electron chi connectivity index (χ4n) is 0.452. The molecule has 0 fully saturated rings. The fourth-order valence-corrected chi connectivity index (χ4v) is 0.835. The molecule has 0 aliphatic carbocycles. The minimum Gasteiger partial charge on any atom is -0.275 e. The van der Waals surface area contributed by atoms with E-state index < -0.39 is 0 Å². The number of hydrogen-bond donors (Lipinski definition) is 0. The molecule has 44 valence electrons. The second kappa shape index (κ2) is 2.22. The maximum Gasteiger partial charge on any atom is 0.118 e. The van der Waals surface area contributed by atoms with Crippen molar-refractivity contribution >= 4 is 11.8 Å². The second-order valence-electron chi connectivity index (χ2n) is 1.40. The second-order valence-corrected chi connectivity index (χ2v) is 2.22. The summed E-state index contributed by atoms with van der Waals surface area (Å²) >= 11 is 1.59. The van der Waals surface area contributed by atoms with E-state index in [9.17, 15) is 0 Å². The molecule has 1 heterocycles. The van der Waals surface area contributed by atoms with Crippen molar-refractivity contribution in [3.8, 4) is 0 Å². The van der Waals surface area contributed by atoms with Gasteiger partial charge < -0.3 is 0 Å². The van der Waals surface area contributed by atoms with Crippen LogP contribution >= 0.6 is 11.8 Å². The van der Waals surface area contributed by atoms with Gasteiger partial charge in [-0.15, -0.1) is 11.8 Å². The van der Waals surface area contributed by atoms with Crippen molar-refractivity contribution in [2.24, 2.45) is 7.02 Å². The van der Waals surface area contributed by atoms with Crippen LogP contribution in [0.4, 0.5) is 0 Å². The van der Waals surface area contributed by atoms with Gasteiger partial charge in [-0.3, -0.25) is 4.68 Å². The summed E-state index contributed by atoms with van der Waals surface area (Å²) in [6, 6.07) is 1.90. The number of thioether (sulfide) groups is 1. The van der Waals surface area contributed by atoms with E-state index in [0.717, 1.165) is 5.03 Å². The molecule has 0 N–H and O–H groups in total. The Labute approximate surface area is 54.3 Å². The average Bonchev–Trinajstić information content (AvgIpc) is 2.34. The number of aryl methyl sites for hydroxylation is 1. The molecule has 0 aromatic carbocycles. The van der Waals surface area contributed by atoms with E-state index >= 15 is 0 Å². The van der Waals surface area contributed by atoms with Gasteiger partial charge in [-0.05, 0) is 12.3 Å². The maximum absolute atomic E-state index is 6.92. The van der Waals surface area contributed by atoms with E-state index in [1.807, 2.05) is 12.3 Å². The van der Waals surface area contributed by atoms with Crippen LogP contribution in [0.5, 0.6) is 0 Å². The van der Waals surface area contributed by atoms with Gasteiger partial charge in [0.05, 0.1) is 0 Å². The Hall–Kier alpha value is -0.440. The van der Waals surface area contributed by atoms with Gasteiger partial charge >= 0.3 is 0 Å². The molecule has 0 radical (unpaired) electrons. The normalized spacial score (nSPS) is 11.4. The smallest absolute Gasteiger partial charge is 0.118 e. The molecule has 3 heteroatoms. The Kier molecular flexibility index (Phi) is 1.23.